The smallest absolute Gasteiger partial charge is 0.248 e. The van der Waals surface area contributed by atoms with Gasteiger partial charge in [-0.05, 0) is 36.4 Å². The summed E-state index contributed by atoms with van der Waals surface area (Å²) in [6.07, 6.45) is 5.01. The highest BCUT2D eigenvalue weighted by atomic mass is 35.5. The van der Waals surface area contributed by atoms with Crippen molar-refractivity contribution < 1.29 is 4.79 Å². The van der Waals surface area contributed by atoms with Crippen LogP contribution in [0.25, 0.3) is 17.0 Å². The Labute approximate surface area is 133 Å². The Morgan fingerprint density at radius 3 is 2.64 bits per heavy atom. The first kappa shape index (κ1) is 14.3. The molecule has 0 spiro atoms. The van der Waals surface area contributed by atoms with Gasteiger partial charge in [-0.3, -0.25) is 9.78 Å². The Hall–Kier alpha value is -2.65. The number of benzene rings is 2. The van der Waals surface area contributed by atoms with Gasteiger partial charge in [0.05, 0.1) is 5.52 Å². The predicted molar refractivity (Wildman–Crippen MR) is 90.9 cm³/mol. The van der Waals surface area contributed by atoms with E-state index >= 15 is 0 Å². The van der Waals surface area contributed by atoms with Crippen LogP contribution in [0.5, 0.6) is 0 Å². The van der Waals surface area contributed by atoms with E-state index in [0.717, 1.165) is 16.5 Å². The van der Waals surface area contributed by atoms with Crippen LogP contribution in [0.2, 0.25) is 5.02 Å². The summed E-state index contributed by atoms with van der Waals surface area (Å²) in [5, 5.41) is 4.46. The number of hydrogen-bond donors (Lipinski definition) is 1. The van der Waals surface area contributed by atoms with E-state index in [4.69, 9.17) is 11.6 Å². The number of halogens is 1. The molecule has 0 unspecified atom stereocenters. The van der Waals surface area contributed by atoms with Crippen molar-refractivity contribution in [2.75, 3.05) is 5.32 Å². The van der Waals surface area contributed by atoms with E-state index < -0.39 is 0 Å². The summed E-state index contributed by atoms with van der Waals surface area (Å²) in [6, 6.07) is 16.7. The molecule has 2 aromatic carbocycles. The van der Waals surface area contributed by atoms with Crippen LogP contribution in [0.4, 0.5) is 5.69 Å². The average molecular weight is 309 g/mol. The van der Waals surface area contributed by atoms with E-state index in [-0.39, 0.29) is 5.91 Å². The average Bonchev–Trinajstić information content (AvgIpc) is 2.55. The van der Waals surface area contributed by atoms with E-state index in [9.17, 15) is 4.79 Å². The van der Waals surface area contributed by atoms with Crippen LogP contribution in [0.15, 0.2) is 66.9 Å². The Morgan fingerprint density at radius 2 is 1.82 bits per heavy atom. The lowest BCUT2D eigenvalue weighted by molar-refractivity contribution is -0.111. The van der Waals surface area contributed by atoms with Crippen molar-refractivity contribution in [3.05, 3.63) is 77.5 Å². The van der Waals surface area contributed by atoms with Gasteiger partial charge >= 0.3 is 0 Å². The van der Waals surface area contributed by atoms with Crippen molar-refractivity contribution in [3.63, 3.8) is 0 Å². The third-order valence-corrected chi connectivity index (χ3v) is 3.44. The van der Waals surface area contributed by atoms with E-state index in [2.05, 4.69) is 10.3 Å². The minimum atomic E-state index is -0.199. The van der Waals surface area contributed by atoms with Gasteiger partial charge in [-0.1, -0.05) is 35.9 Å². The third kappa shape index (κ3) is 3.32. The lowest BCUT2D eigenvalue weighted by Crippen LogP contribution is -2.07. The van der Waals surface area contributed by atoms with Gasteiger partial charge in [-0.15, -0.1) is 0 Å². The fourth-order valence-electron chi connectivity index (χ4n) is 2.14. The van der Waals surface area contributed by atoms with Crippen molar-refractivity contribution in [1.82, 2.24) is 4.98 Å². The molecule has 0 radical (unpaired) electrons. The Bertz CT molecular complexity index is 836. The number of carbonyl (C=O) groups excluding carboxylic acids is 1. The summed E-state index contributed by atoms with van der Waals surface area (Å²) in [5.41, 5.74) is 2.49. The first-order valence-electron chi connectivity index (χ1n) is 6.81. The number of aromatic nitrogens is 1. The minimum absolute atomic E-state index is 0.199. The standard InChI is InChI=1S/C18H13ClN2O/c19-15-7-9-16(10-8-15)21-17(22)11-6-14-4-1-3-13-5-2-12-20-18(13)14/h1-12H,(H,21,22)/b11-6+. The molecule has 0 aliphatic carbocycles. The van der Waals surface area contributed by atoms with Crippen LogP contribution in [0.3, 0.4) is 0 Å². The maximum atomic E-state index is 12.0. The molecule has 0 bridgehead atoms. The number of nitrogens with one attached hydrogen (secondary N) is 1. The van der Waals surface area contributed by atoms with Crippen LogP contribution in [0.1, 0.15) is 5.56 Å². The number of pyridine rings is 1. The molecule has 4 heteroatoms. The number of nitrogens with zero attached hydrogens (tertiary/aromatic N) is 1. The van der Waals surface area contributed by atoms with Gasteiger partial charge in [0.25, 0.3) is 0 Å². The largest absolute Gasteiger partial charge is 0.323 e. The van der Waals surface area contributed by atoms with Gasteiger partial charge in [0.1, 0.15) is 0 Å². The molecule has 3 aromatic rings. The van der Waals surface area contributed by atoms with Crippen LogP contribution in [-0.4, -0.2) is 10.9 Å². The molecule has 0 aliphatic heterocycles. The zero-order valence-electron chi connectivity index (χ0n) is 11.7. The second-order valence-corrected chi connectivity index (χ2v) is 5.19. The molecule has 1 aromatic heterocycles. The highest BCUT2D eigenvalue weighted by Crippen LogP contribution is 2.17. The molecule has 3 rings (SSSR count). The topological polar surface area (TPSA) is 42.0 Å². The fourth-order valence-corrected chi connectivity index (χ4v) is 2.27. The van der Waals surface area contributed by atoms with Crippen LogP contribution in [0, 0.1) is 0 Å². The van der Waals surface area contributed by atoms with E-state index in [1.165, 1.54) is 6.08 Å². The quantitative estimate of drug-likeness (QED) is 0.722. The van der Waals surface area contributed by atoms with E-state index in [1.54, 1.807) is 36.5 Å². The molecule has 1 N–H and O–H groups in total. The third-order valence-electron chi connectivity index (χ3n) is 3.19. The molecule has 0 aliphatic rings. The normalized spacial score (nSPS) is 11.0. The van der Waals surface area contributed by atoms with Crippen molar-refractivity contribution in [2.24, 2.45) is 0 Å². The first-order valence-corrected chi connectivity index (χ1v) is 7.18. The molecule has 0 saturated carbocycles. The second kappa shape index (κ2) is 6.41. The number of hydrogen-bond acceptors (Lipinski definition) is 2. The van der Waals surface area contributed by atoms with Gasteiger partial charge in [-0.25, -0.2) is 0 Å². The Morgan fingerprint density at radius 1 is 1.05 bits per heavy atom. The second-order valence-electron chi connectivity index (χ2n) is 4.75. The molecule has 0 saturated heterocycles. The summed E-state index contributed by atoms with van der Waals surface area (Å²) in [5.74, 6) is -0.199. The van der Waals surface area contributed by atoms with E-state index in [0.29, 0.717) is 10.7 Å². The number of amides is 1. The zero-order chi connectivity index (χ0) is 15.4. The lowest BCUT2D eigenvalue weighted by Gasteiger charge is -2.02. The summed E-state index contributed by atoms with van der Waals surface area (Å²) in [4.78, 5) is 16.3. The van der Waals surface area contributed by atoms with E-state index in [1.807, 2.05) is 30.3 Å². The van der Waals surface area contributed by atoms with Crippen molar-refractivity contribution in [1.29, 1.82) is 0 Å². The molecule has 3 nitrogen and oxygen atoms in total. The van der Waals surface area contributed by atoms with Gasteiger partial charge in [-0.2, -0.15) is 0 Å². The van der Waals surface area contributed by atoms with Crippen LogP contribution >= 0.6 is 11.6 Å². The SMILES string of the molecule is O=C(/C=C/c1cccc2cccnc12)Nc1ccc(Cl)cc1. The predicted octanol–water partition coefficient (Wildman–Crippen LogP) is 4.54. The molecule has 108 valence electrons. The molecule has 22 heavy (non-hydrogen) atoms. The van der Waals surface area contributed by atoms with Crippen molar-refractivity contribution >= 4 is 40.2 Å². The number of fused-ring (bicyclic) bond motifs is 1. The first-order chi connectivity index (χ1) is 10.7. The van der Waals surface area contributed by atoms with Crippen LogP contribution < -0.4 is 5.32 Å². The highest BCUT2D eigenvalue weighted by Gasteiger charge is 2.01. The van der Waals surface area contributed by atoms with Gasteiger partial charge < -0.3 is 5.32 Å². The highest BCUT2D eigenvalue weighted by molar-refractivity contribution is 6.30. The monoisotopic (exact) mass is 308 g/mol. The summed E-state index contributed by atoms with van der Waals surface area (Å²) < 4.78 is 0. The fraction of sp³-hybridized carbons (Fsp3) is 0. The van der Waals surface area contributed by atoms with Crippen molar-refractivity contribution in [3.8, 4) is 0 Å². The summed E-state index contributed by atoms with van der Waals surface area (Å²) in [6.45, 7) is 0. The van der Waals surface area contributed by atoms with Gasteiger partial charge in [0, 0.05) is 33.9 Å². The van der Waals surface area contributed by atoms with Crippen LogP contribution in [-0.2, 0) is 4.79 Å². The maximum absolute atomic E-state index is 12.0. The molecular formula is C18H13ClN2O. The minimum Gasteiger partial charge on any atom is -0.323 e. The summed E-state index contributed by atoms with van der Waals surface area (Å²) >= 11 is 5.81. The Kier molecular flexibility index (Phi) is 4.17. The number of carbonyl (C=O) groups is 1. The zero-order valence-corrected chi connectivity index (χ0v) is 12.4. The summed E-state index contributed by atoms with van der Waals surface area (Å²) in [7, 11) is 0. The lowest BCUT2D eigenvalue weighted by atomic mass is 10.1. The van der Waals surface area contributed by atoms with Gasteiger partial charge in [0.15, 0.2) is 0 Å². The molecule has 1 amide bonds. The van der Waals surface area contributed by atoms with Crippen molar-refractivity contribution in [2.45, 2.75) is 0 Å². The van der Waals surface area contributed by atoms with Gasteiger partial charge in [0.2, 0.25) is 5.91 Å². The molecule has 0 atom stereocenters. The number of para-hydroxylation sites is 1. The molecule has 0 fully saturated rings. The maximum Gasteiger partial charge on any atom is 0.248 e. The molecular weight excluding hydrogens is 296 g/mol. The molecule has 1 heterocycles. The number of anilines is 1. The number of rotatable bonds is 3. The Balaban J connectivity index is 1.78.